The number of hydrogen-bond donors (Lipinski definition) is 0. The van der Waals surface area contributed by atoms with Gasteiger partial charge in [0.2, 0.25) is 0 Å². The second-order valence-electron chi connectivity index (χ2n) is 4.90. The lowest BCUT2D eigenvalue weighted by Gasteiger charge is -2.09. The van der Waals surface area contributed by atoms with Crippen LogP contribution in [0.1, 0.15) is 16.7 Å². The zero-order valence-electron chi connectivity index (χ0n) is 11.1. The van der Waals surface area contributed by atoms with Gasteiger partial charge < -0.3 is 4.57 Å². The Kier molecular flexibility index (Phi) is 3.00. The molecule has 0 unspecified atom stereocenters. The van der Waals surface area contributed by atoms with Crippen molar-refractivity contribution >= 4 is 10.9 Å². The SMILES string of the molecule is Cc1cc(F)ccc1Cn1ccc2cc(C#N)ccc21. The molecule has 0 N–H and O–H groups in total. The highest BCUT2D eigenvalue weighted by atomic mass is 19.1. The smallest absolute Gasteiger partial charge is 0.123 e. The molecule has 20 heavy (non-hydrogen) atoms. The first kappa shape index (κ1) is 12.4. The quantitative estimate of drug-likeness (QED) is 0.687. The van der Waals surface area contributed by atoms with E-state index in [2.05, 4.69) is 10.6 Å². The van der Waals surface area contributed by atoms with E-state index in [1.807, 2.05) is 43.5 Å². The molecule has 0 bridgehead atoms. The summed E-state index contributed by atoms with van der Waals surface area (Å²) >= 11 is 0. The lowest BCUT2D eigenvalue weighted by Crippen LogP contribution is -2.00. The van der Waals surface area contributed by atoms with E-state index in [1.165, 1.54) is 6.07 Å². The van der Waals surface area contributed by atoms with Crippen LogP contribution in [0.3, 0.4) is 0 Å². The van der Waals surface area contributed by atoms with Gasteiger partial charge in [0.15, 0.2) is 0 Å². The van der Waals surface area contributed by atoms with Gasteiger partial charge in [-0.2, -0.15) is 5.26 Å². The molecule has 2 aromatic carbocycles. The number of nitriles is 1. The molecule has 0 aliphatic rings. The highest BCUT2D eigenvalue weighted by Gasteiger charge is 2.05. The Labute approximate surface area is 116 Å². The fraction of sp³-hybridized carbons (Fsp3) is 0.118. The maximum atomic E-state index is 13.1. The van der Waals surface area contributed by atoms with Crippen LogP contribution >= 0.6 is 0 Å². The minimum Gasteiger partial charge on any atom is -0.343 e. The van der Waals surface area contributed by atoms with Gasteiger partial charge in [0.25, 0.3) is 0 Å². The molecule has 1 aromatic heterocycles. The summed E-state index contributed by atoms with van der Waals surface area (Å²) in [7, 11) is 0. The Morgan fingerprint density at radius 3 is 2.75 bits per heavy atom. The maximum absolute atomic E-state index is 13.1. The van der Waals surface area contributed by atoms with Crippen LogP contribution in [-0.4, -0.2) is 4.57 Å². The van der Waals surface area contributed by atoms with E-state index in [4.69, 9.17) is 5.26 Å². The van der Waals surface area contributed by atoms with Crippen molar-refractivity contribution in [3.05, 3.63) is 71.2 Å². The van der Waals surface area contributed by atoms with Crippen molar-refractivity contribution < 1.29 is 4.39 Å². The number of hydrogen-bond acceptors (Lipinski definition) is 1. The van der Waals surface area contributed by atoms with Crippen LogP contribution in [-0.2, 0) is 6.54 Å². The van der Waals surface area contributed by atoms with E-state index < -0.39 is 0 Å². The molecule has 0 radical (unpaired) electrons. The molecule has 3 rings (SSSR count). The molecule has 0 saturated carbocycles. The second-order valence-corrected chi connectivity index (χ2v) is 4.90. The highest BCUT2D eigenvalue weighted by Crippen LogP contribution is 2.20. The van der Waals surface area contributed by atoms with Crippen LogP contribution in [0.5, 0.6) is 0 Å². The molecular formula is C17H13FN2. The third-order valence-electron chi connectivity index (χ3n) is 3.55. The standard InChI is InChI=1S/C17H13FN2/c1-12-8-16(18)4-3-15(12)11-20-7-6-14-9-13(10-19)2-5-17(14)20/h2-9H,11H2,1H3. The highest BCUT2D eigenvalue weighted by molar-refractivity contribution is 5.81. The number of fused-ring (bicyclic) bond motifs is 1. The van der Waals surface area contributed by atoms with Crippen molar-refractivity contribution in [1.82, 2.24) is 4.57 Å². The molecule has 0 spiro atoms. The molecule has 0 saturated heterocycles. The second kappa shape index (κ2) is 4.82. The summed E-state index contributed by atoms with van der Waals surface area (Å²) in [5.74, 6) is -0.206. The van der Waals surface area contributed by atoms with Crippen LogP contribution in [0.25, 0.3) is 10.9 Å². The molecule has 0 amide bonds. The average Bonchev–Trinajstić information content (AvgIpc) is 2.84. The average molecular weight is 264 g/mol. The summed E-state index contributed by atoms with van der Waals surface area (Å²) in [6.07, 6.45) is 1.99. The fourth-order valence-corrected chi connectivity index (χ4v) is 2.43. The zero-order chi connectivity index (χ0) is 14.1. The molecule has 0 atom stereocenters. The van der Waals surface area contributed by atoms with Gasteiger partial charge in [-0.1, -0.05) is 6.07 Å². The zero-order valence-corrected chi connectivity index (χ0v) is 11.1. The van der Waals surface area contributed by atoms with Gasteiger partial charge in [0.1, 0.15) is 5.82 Å². The van der Waals surface area contributed by atoms with Crippen LogP contribution < -0.4 is 0 Å². The molecule has 0 aliphatic heterocycles. The minimum atomic E-state index is -0.206. The normalized spacial score (nSPS) is 10.7. The number of benzene rings is 2. The van der Waals surface area contributed by atoms with E-state index in [9.17, 15) is 4.39 Å². The van der Waals surface area contributed by atoms with Crippen molar-refractivity contribution in [1.29, 1.82) is 5.26 Å². The Bertz CT molecular complexity index is 825. The molecular weight excluding hydrogens is 251 g/mol. The van der Waals surface area contributed by atoms with Crippen molar-refractivity contribution in [2.24, 2.45) is 0 Å². The van der Waals surface area contributed by atoms with E-state index in [1.54, 1.807) is 6.07 Å². The van der Waals surface area contributed by atoms with Gasteiger partial charge in [-0.15, -0.1) is 0 Å². The monoisotopic (exact) mass is 264 g/mol. The largest absolute Gasteiger partial charge is 0.343 e. The molecule has 98 valence electrons. The third kappa shape index (κ3) is 2.17. The van der Waals surface area contributed by atoms with E-state index in [0.29, 0.717) is 12.1 Å². The summed E-state index contributed by atoms with van der Waals surface area (Å²) in [6.45, 7) is 2.61. The van der Waals surface area contributed by atoms with Gasteiger partial charge >= 0.3 is 0 Å². The molecule has 1 heterocycles. The van der Waals surface area contributed by atoms with Crippen molar-refractivity contribution in [3.63, 3.8) is 0 Å². The molecule has 2 nitrogen and oxygen atoms in total. The van der Waals surface area contributed by atoms with Crippen LogP contribution in [0.15, 0.2) is 48.7 Å². The predicted molar refractivity (Wildman–Crippen MR) is 76.9 cm³/mol. The van der Waals surface area contributed by atoms with Crippen molar-refractivity contribution in [3.8, 4) is 6.07 Å². The predicted octanol–water partition coefficient (Wildman–Crippen LogP) is 4.01. The number of aryl methyl sites for hydroxylation is 1. The number of rotatable bonds is 2. The maximum Gasteiger partial charge on any atom is 0.123 e. The summed E-state index contributed by atoms with van der Waals surface area (Å²) in [5, 5.41) is 9.95. The summed E-state index contributed by atoms with van der Waals surface area (Å²) in [6, 6.07) is 14.6. The molecule has 0 fully saturated rings. The molecule has 3 heteroatoms. The van der Waals surface area contributed by atoms with Crippen molar-refractivity contribution in [2.45, 2.75) is 13.5 Å². The van der Waals surface area contributed by atoms with Gasteiger partial charge in [-0.05, 0) is 54.4 Å². The Morgan fingerprint density at radius 1 is 1.15 bits per heavy atom. The van der Waals surface area contributed by atoms with E-state index in [-0.39, 0.29) is 5.82 Å². The molecule has 0 aliphatic carbocycles. The summed E-state index contributed by atoms with van der Waals surface area (Å²) in [4.78, 5) is 0. The van der Waals surface area contributed by atoms with Crippen LogP contribution in [0.4, 0.5) is 4.39 Å². The van der Waals surface area contributed by atoms with Crippen LogP contribution in [0.2, 0.25) is 0 Å². The summed E-state index contributed by atoms with van der Waals surface area (Å²) in [5.41, 5.74) is 3.77. The molecule has 3 aromatic rings. The lowest BCUT2D eigenvalue weighted by molar-refractivity contribution is 0.625. The van der Waals surface area contributed by atoms with E-state index in [0.717, 1.165) is 22.0 Å². The fourth-order valence-electron chi connectivity index (χ4n) is 2.43. The number of halogens is 1. The first-order valence-corrected chi connectivity index (χ1v) is 6.41. The first-order valence-electron chi connectivity index (χ1n) is 6.41. The Balaban J connectivity index is 2.01. The number of aromatic nitrogens is 1. The van der Waals surface area contributed by atoms with Gasteiger partial charge in [0, 0.05) is 23.6 Å². The van der Waals surface area contributed by atoms with Crippen molar-refractivity contribution in [2.75, 3.05) is 0 Å². The third-order valence-corrected chi connectivity index (χ3v) is 3.55. The Hall–Kier alpha value is -2.60. The first-order chi connectivity index (χ1) is 9.67. The van der Waals surface area contributed by atoms with Gasteiger partial charge in [0.05, 0.1) is 11.6 Å². The minimum absolute atomic E-state index is 0.206. The van der Waals surface area contributed by atoms with E-state index >= 15 is 0 Å². The van der Waals surface area contributed by atoms with Crippen LogP contribution in [0, 0.1) is 24.1 Å². The topological polar surface area (TPSA) is 28.7 Å². The number of nitrogens with zero attached hydrogens (tertiary/aromatic N) is 2. The van der Waals surface area contributed by atoms with Gasteiger partial charge in [-0.25, -0.2) is 4.39 Å². The van der Waals surface area contributed by atoms with Gasteiger partial charge in [-0.3, -0.25) is 0 Å². The summed E-state index contributed by atoms with van der Waals surface area (Å²) < 4.78 is 15.2. The lowest BCUT2D eigenvalue weighted by atomic mass is 10.1. The Morgan fingerprint density at radius 2 is 2.00 bits per heavy atom.